The number of hydrogen-bond donors (Lipinski definition) is 2. The fourth-order valence-corrected chi connectivity index (χ4v) is 1.53. The quantitative estimate of drug-likeness (QED) is 0.493. The van der Waals surface area contributed by atoms with Crippen LogP contribution in [-0.4, -0.2) is 52.5 Å². The summed E-state index contributed by atoms with van der Waals surface area (Å²) in [4.78, 5) is 33.9. The molecule has 1 aromatic rings. The Balaban J connectivity index is 2.49. The molecule has 21 heavy (non-hydrogen) atoms. The van der Waals surface area contributed by atoms with Gasteiger partial charge in [-0.15, -0.1) is 5.10 Å². The summed E-state index contributed by atoms with van der Waals surface area (Å²) in [5, 5.41) is 12.6. The van der Waals surface area contributed by atoms with Gasteiger partial charge >= 0.3 is 5.97 Å². The van der Waals surface area contributed by atoms with Crippen LogP contribution in [0.15, 0.2) is 0 Å². The molecule has 0 saturated heterocycles. The second-order valence-corrected chi connectivity index (χ2v) is 4.23. The highest BCUT2D eigenvalue weighted by Gasteiger charge is 2.18. The first kappa shape index (κ1) is 16.6. The van der Waals surface area contributed by atoms with E-state index in [-0.39, 0.29) is 30.7 Å². The first-order valence-electron chi connectivity index (χ1n) is 6.54. The third-order valence-corrected chi connectivity index (χ3v) is 2.57. The molecule has 0 aliphatic heterocycles. The Labute approximate surface area is 122 Å². The van der Waals surface area contributed by atoms with Gasteiger partial charge in [0.15, 0.2) is 5.69 Å². The first-order chi connectivity index (χ1) is 9.95. The van der Waals surface area contributed by atoms with Gasteiger partial charge in [0.1, 0.15) is 6.54 Å². The zero-order chi connectivity index (χ0) is 15.8. The first-order valence-corrected chi connectivity index (χ1v) is 6.54. The highest BCUT2D eigenvalue weighted by Crippen LogP contribution is 2.05. The number of amides is 2. The van der Waals surface area contributed by atoms with Crippen molar-refractivity contribution in [3.63, 3.8) is 0 Å². The number of ether oxygens (including phenoxy) is 1. The Hall–Kier alpha value is -2.45. The van der Waals surface area contributed by atoms with E-state index in [1.807, 2.05) is 0 Å². The molecular formula is C12H19N5O4. The Kier molecular flexibility index (Phi) is 6.31. The van der Waals surface area contributed by atoms with Crippen molar-refractivity contribution in [1.29, 1.82) is 0 Å². The number of rotatable bonds is 7. The molecular weight excluding hydrogens is 278 g/mol. The van der Waals surface area contributed by atoms with E-state index in [2.05, 4.69) is 20.9 Å². The van der Waals surface area contributed by atoms with Gasteiger partial charge in [0.2, 0.25) is 11.8 Å². The summed E-state index contributed by atoms with van der Waals surface area (Å²) in [7, 11) is 0. The molecule has 0 aliphatic carbocycles. The van der Waals surface area contributed by atoms with Crippen molar-refractivity contribution in [2.75, 3.05) is 19.7 Å². The lowest BCUT2D eigenvalue weighted by Crippen LogP contribution is -2.35. The predicted molar refractivity (Wildman–Crippen MR) is 72.4 cm³/mol. The molecule has 9 nitrogen and oxygen atoms in total. The lowest BCUT2D eigenvalue weighted by Gasteiger charge is -2.06. The third-order valence-electron chi connectivity index (χ3n) is 2.57. The number of esters is 1. The van der Waals surface area contributed by atoms with Gasteiger partial charge in [0.05, 0.1) is 12.3 Å². The number of nitrogens with one attached hydrogen (secondary N) is 2. The molecule has 0 atom stereocenters. The van der Waals surface area contributed by atoms with Gasteiger partial charge < -0.3 is 15.4 Å². The van der Waals surface area contributed by atoms with E-state index in [1.165, 1.54) is 11.6 Å². The fourth-order valence-electron chi connectivity index (χ4n) is 1.53. The van der Waals surface area contributed by atoms with Gasteiger partial charge in [-0.2, -0.15) is 0 Å². The van der Waals surface area contributed by atoms with Crippen molar-refractivity contribution in [3.05, 3.63) is 11.4 Å². The molecule has 0 bridgehead atoms. The summed E-state index contributed by atoms with van der Waals surface area (Å²) in [6, 6.07) is 0. The number of hydrogen-bond acceptors (Lipinski definition) is 6. The van der Waals surface area contributed by atoms with Gasteiger partial charge in [-0.3, -0.25) is 9.59 Å². The molecule has 2 N–H and O–H groups in total. The van der Waals surface area contributed by atoms with Crippen LogP contribution in [0.4, 0.5) is 0 Å². The Morgan fingerprint density at radius 1 is 1.24 bits per heavy atom. The maximum atomic E-state index is 11.7. The minimum absolute atomic E-state index is 0.0572. The maximum absolute atomic E-state index is 11.7. The molecule has 0 fully saturated rings. The van der Waals surface area contributed by atoms with Crippen molar-refractivity contribution >= 4 is 17.8 Å². The van der Waals surface area contributed by atoms with Crippen LogP contribution in [0.2, 0.25) is 0 Å². The minimum Gasteiger partial charge on any atom is -0.461 e. The highest BCUT2D eigenvalue weighted by molar-refractivity contribution is 5.88. The number of aromatic nitrogens is 3. The summed E-state index contributed by atoms with van der Waals surface area (Å²) in [6.45, 7) is 5.59. The summed E-state index contributed by atoms with van der Waals surface area (Å²) < 4.78 is 6.15. The largest absolute Gasteiger partial charge is 0.461 e. The summed E-state index contributed by atoms with van der Waals surface area (Å²) >= 11 is 0. The van der Waals surface area contributed by atoms with E-state index in [4.69, 9.17) is 4.74 Å². The monoisotopic (exact) mass is 297 g/mol. The van der Waals surface area contributed by atoms with Crippen LogP contribution >= 0.6 is 0 Å². The maximum Gasteiger partial charge on any atom is 0.360 e. The van der Waals surface area contributed by atoms with Crippen LogP contribution < -0.4 is 10.6 Å². The van der Waals surface area contributed by atoms with Crippen molar-refractivity contribution in [2.24, 2.45) is 0 Å². The van der Waals surface area contributed by atoms with Gasteiger partial charge in [0, 0.05) is 20.0 Å². The summed E-state index contributed by atoms with van der Waals surface area (Å²) in [5.74, 6) is -1.01. The van der Waals surface area contributed by atoms with Crippen LogP contribution in [0.25, 0.3) is 0 Å². The molecule has 1 aromatic heterocycles. The van der Waals surface area contributed by atoms with Gasteiger partial charge in [-0.25, -0.2) is 9.48 Å². The van der Waals surface area contributed by atoms with E-state index in [9.17, 15) is 14.4 Å². The van der Waals surface area contributed by atoms with Crippen LogP contribution in [0.3, 0.4) is 0 Å². The van der Waals surface area contributed by atoms with E-state index in [0.717, 1.165) is 0 Å². The SMILES string of the molecule is CCOC(=O)c1nnn(CC(=O)NCCNC(C)=O)c1C. The van der Waals surface area contributed by atoms with Gasteiger partial charge in [-0.05, 0) is 13.8 Å². The molecule has 1 rings (SSSR count). The smallest absolute Gasteiger partial charge is 0.360 e. The van der Waals surface area contributed by atoms with Crippen LogP contribution in [-0.2, 0) is 20.9 Å². The number of nitrogens with zero attached hydrogens (tertiary/aromatic N) is 3. The molecule has 2 amide bonds. The number of carbonyl (C=O) groups excluding carboxylic acids is 3. The van der Waals surface area contributed by atoms with Gasteiger partial charge in [-0.1, -0.05) is 5.21 Å². The summed E-state index contributed by atoms with van der Waals surface area (Å²) in [5.41, 5.74) is 0.563. The zero-order valence-corrected chi connectivity index (χ0v) is 12.3. The lowest BCUT2D eigenvalue weighted by molar-refractivity contribution is -0.122. The van der Waals surface area contributed by atoms with Crippen molar-refractivity contribution in [2.45, 2.75) is 27.3 Å². The molecule has 9 heteroatoms. The average molecular weight is 297 g/mol. The van der Waals surface area contributed by atoms with Crippen molar-refractivity contribution < 1.29 is 19.1 Å². The standard InChI is InChI=1S/C12H19N5O4/c1-4-21-12(20)11-8(2)17(16-15-11)7-10(19)14-6-5-13-9(3)18/h4-7H2,1-3H3,(H,13,18)(H,14,19). The zero-order valence-electron chi connectivity index (χ0n) is 12.3. The normalized spacial score (nSPS) is 10.0. The molecule has 0 unspecified atom stereocenters. The van der Waals surface area contributed by atoms with Crippen LogP contribution in [0, 0.1) is 6.92 Å². The van der Waals surface area contributed by atoms with E-state index in [1.54, 1.807) is 13.8 Å². The molecule has 0 aliphatic rings. The molecule has 0 spiro atoms. The lowest BCUT2D eigenvalue weighted by atomic mass is 10.3. The fraction of sp³-hybridized carbons (Fsp3) is 0.583. The molecule has 0 saturated carbocycles. The average Bonchev–Trinajstić information content (AvgIpc) is 2.76. The van der Waals surface area contributed by atoms with E-state index >= 15 is 0 Å². The van der Waals surface area contributed by atoms with Crippen LogP contribution in [0.1, 0.15) is 30.0 Å². The Morgan fingerprint density at radius 2 is 1.90 bits per heavy atom. The highest BCUT2D eigenvalue weighted by atomic mass is 16.5. The summed E-state index contributed by atoms with van der Waals surface area (Å²) in [6.07, 6.45) is 0. The minimum atomic E-state index is -0.563. The molecule has 0 aromatic carbocycles. The Morgan fingerprint density at radius 3 is 2.52 bits per heavy atom. The van der Waals surface area contributed by atoms with E-state index < -0.39 is 5.97 Å². The number of carbonyl (C=O) groups is 3. The van der Waals surface area contributed by atoms with E-state index in [0.29, 0.717) is 18.8 Å². The van der Waals surface area contributed by atoms with Crippen molar-refractivity contribution in [1.82, 2.24) is 25.6 Å². The molecule has 1 heterocycles. The topological polar surface area (TPSA) is 115 Å². The van der Waals surface area contributed by atoms with Crippen molar-refractivity contribution in [3.8, 4) is 0 Å². The predicted octanol–water partition coefficient (Wildman–Crippen LogP) is -0.984. The Bertz CT molecular complexity index is 526. The third kappa shape index (κ3) is 5.21. The second-order valence-electron chi connectivity index (χ2n) is 4.23. The molecule has 0 radical (unpaired) electrons. The second kappa shape index (κ2) is 7.98. The van der Waals surface area contributed by atoms with Crippen LogP contribution in [0.5, 0.6) is 0 Å². The van der Waals surface area contributed by atoms with Gasteiger partial charge in [0.25, 0.3) is 0 Å². The molecule has 116 valence electrons.